The van der Waals surface area contributed by atoms with Gasteiger partial charge in [0.1, 0.15) is 0 Å². The maximum atomic E-state index is 2.22. The Hall–Kier alpha value is -0.820. The van der Waals surface area contributed by atoms with Crippen LogP contribution in [-0.2, 0) is 0 Å². The van der Waals surface area contributed by atoms with Crippen LogP contribution in [0.15, 0.2) is 23.6 Å². The summed E-state index contributed by atoms with van der Waals surface area (Å²) in [5.41, 5.74) is 1.39. The molecule has 0 aliphatic rings. The molecule has 0 radical (unpaired) electrons. The van der Waals surface area contributed by atoms with Gasteiger partial charge in [-0.15, -0.1) is 11.3 Å². The first-order chi connectivity index (χ1) is 5.29. The minimum Gasteiger partial charge on any atom is -0.148 e. The second-order valence-electron chi connectivity index (χ2n) is 2.83. The van der Waals surface area contributed by atoms with Gasteiger partial charge in [-0.05, 0) is 35.6 Å². The lowest BCUT2D eigenvalue weighted by molar-refractivity contribution is 1.52. The third-order valence-corrected chi connectivity index (χ3v) is 2.95. The molecule has 0 atom stereocenters. The Morgan fingerprint density at radius 2 is 2.00 bits per heavy atom. The zero-order valence-electron chi connectivity index (χ0n) is 6.72. The number of aryl methyl sites for hydroxylation is 2. The van der Waals surface area contributed by atoms with Crippen LogP contribution in [0.5, 0.6) is 0 Å². The number of thiophene rings is 1. The summed E-state index contributed by atoms with van der Waals surface area (Å²) in [6.45, 7) is 4.35. The van der Waals surface area contributed by atoms with E-state index in [0.717, 1.165) is 0 Å². The average Bonchev–Trinajstić information content (AvgIpc) is 2.34. The van der Waals surface area contributed by atoms with E-state index in [-0.39, 0.29) is 0 Å². The third kappa shape index (κ3) is 0.962. The molecule has 1 aromatic heterocycles. The highest BCUT2D eigenvalue weighted by Crippen LogP contribution is 2.27. The highest BCUT2D eigenvalue weighted by Gasteiger charge is 2.00. The first kappa shape index (κ1) is 6.86. The molecule has 0 saturated carbocycles. The summed E-state index contributed by atoms with van der Waals surface area (Å²) < 4.78 is 0. The van der Waals surface area contributed by atoms with Gasteiger partial charge in [-0.1, -0.05) is 18.2 Å². The molecule has 0 saturated heterocycles. The molecular formula is C10H10S. The molecule has 2 rings (SSSR count). The van der Waals surface area contributed by atoms with Crippen molar-refractivity contribution in [2.75, 3.05) is 0 Å². The third-order valence-electron chi connectivity index (χ3n) is 2.02. The van der Waals surface area contributed by atoms with Crippen LogP contribution in [-0.4, -0.2) is 0 Å². The van der Waals surface area contributed by atoms with Gasteiger partial charge in [0.25, 0.3) is 0 Å². The Bertz CT molecular complexity index is 385. The summed E-state index contributed by atoms with van der Waals surface area (Å²) in [5.74, 6) is 0. The summed E-state index contributed by atoms with van der Waals surface area (Å²) in [5, 5.41) is 5.04. The van der Waals surface area contributed by atoms with E-state index in [1.165, 1.54) is 21.2 Å². The molecule has 11 heavy (non-hydrogen) atoms. The van der Waals surface area contributed by atoms with Crippen LogP contribution in [0, 0.1) is 13.8 Å². The van der Waals surface area contributed by atoms with Crippen molar-refractivity contribution in [2.24, 2.45) is 0 Å². The van der Waals surface area contributed by atoms with E-state index in [9.17, 15) is 0 Å². The Morgan fingerprint density at radius 1 is 1.18 bits per heavy atom. The van der Waals surface area contributed by atoms with Crippen molar-refractivity contribution in [3.05, 3.63) is 34.0 Å². The molecule has 1 aromatic carbocycles. The summed E-state index contributed by atoms with van der Waals surface area (Å²) in [4.78, 5) is 1.43. The fraction of sp³-hybridized carbons (Fsp3) is 0.200. The Labute approximate surface area is 70.5 Å². The monoisotopic (exact) mass is 162 g/mol. The SMILES string of the molecule is Cc1cccc2csc(C)c12. The van der Waals surface area contributed by atoms with Gasteiger partial charge in [0.15, 0.2) is 0 Å². The molecule has 0 spiro atoms. The zero-order valence-corrected chi connectivity index (χ0v) is 7.53. The fourth-order valence-electron chi connectivity index (χ4n) is 1.48. The van der Waals surface area contributed by atoms with Crippen molar-refractivity contribution in [1.29, 1.82) is 0 Å². The van der Waals surface area contributed by atoms with Crippen LogP contribution in [0.2, 0.25) is 0 Å². The molecule has 0 nitrogen and oxygen atoms in total. The van der Waals surface area contributed by atoms with Crippen molar-refractivity contribution in [3.63, 3.8) is 0 Å². The number of hydrogen-bond donors (Lipinski definition) is 0. The summed E-state index contributed by atoms with van der Waals surface area (Å²) in [7, 11) is 0. The van der Waals surface area contributed by atoms with Gasteiger partial charge in [0.05, 0.1) is 0 Å². The van der Waals surface area contributed by atoms with Crippen molar-refractivity contribution in [2.45, 2.75) is 13.8 Å². The van der Waals surface area contributed by atoms with Gasteiger partial charge < -0.3 is 0 Å². The lowest BCUT2D eigenvalue weighted by Crippen LogP contribution is -1.73. The van der Waals surface area contributed by atoms with Gasteiger partial charge in [-0.25, -0.2) is 0 Å². The van der Waals surface area contributed by atoms with Crippen molar-refractivity contribution in [3.8, 4) is 0 Å². The van der Waals surface area contributed by atoms with Gasteiger partial charge in [-0.2, -0.15) is 0 Å². The second kappa shape index (κ2) is 2.35. The lowest BCUT2D eigenvalue weighted by atomic mass is 10.1. The second-order valence-corrected chi connectivity index (χ2v) is 3.91. The molecule has 0 amide bonds. The van der Waals surface area contributed by atoms with Crippen molar-refractivity contribution < 1.29 is 0 Å². The minimum atomic E-state index is 1.38. The largest absolute Gasteiger partial charge is 0.148 e. The zero-order chi connectivity index (χ0) is 7.84. The van der Waals surface area contributed by atoms with Crippen LogP contribution < -0.4 is 0 Å². The number of rotatable bonds is 0. The molecule has 0 N–H and O–H groups in total. The summed E-state index contributed by atoms with van der Waals surface area (Å²) >= 11 is 1.83. The van der Waals surface area contributed by atoms with E-state index < -0.39 is 0 Å². The Kier molecular flexibility index (Phi) is 1.46. The van der Waals surface area contributed by atoms with E-state index in [1.54, 1.807) is 0 Å². The van der Waals surface area contributed by atoms with Crippen LogP contribution in [0.25, 0.3) is 10.8 Å². The molecule has 56 valence electrons. The molecule has 0 aliphatic heterocycles. The predicted molar refractivity (Wildman–Crippen MR) is 51.3 cm³/mol. The van der Waals surface area contributed by atoms with Crippen molar-refractivity contribution in [1.82, 2.24) is 0 Å². The lowest BCUT2D eigenvalue weighted by Gasteiger charge is -1.95. The summed E-state index contributed by atoms with van der Waals surface area (Å²) in [6.07, 6.45) is 0. The van der Waals surface area contributed by atoms with E-state index in [2.05, 4.69) is 37.4 Å². The van der Waals surface area contributed by atoms with E-state index in [0.29, 0.717) is 0 Å². The number of hydrogen-bond acceptors (Lipinski definition) is 1. The number of benzene rings is 1. The van der Waals surface area contributed by atoms with E-state index >= 15 is 0 Å². The molecule has 0 unspecified atom stereocenters. The molecular weight excluding hydrogens is 152 g/mol. The van der Waals surface area contributed by atoms with E-state index in [4.69, 9.17) is 0 Å². The highest BCUT2D eigenvalue weighted by atomic mass is 32.1. The smallest absolute Gasteiger partial charge is 0.00954 e. The van der Waals surface area contributed by atoms with Gasteiger partial charge in [0.2, 0.25) is 0 Å². The summed E-state index contributed by atoms with van der Waals surface area (Å²) in [6, 6.07) is 6.46. The molecule has 0 bridgehead atoms. The number of fused-ring (bicyclic) bond motifs is 1. The van der Waals surface area contributed by atoms with Gasteiger partial charge >= 0.3 is 0 Å². The van der Waals surface area contributed by atoms with Crippen LogP contribution >= 0.6 is 11.3 Å². The predicted octanol–water partition coefficient (Wildman–Crippen LogP) is 3.52. The fourth-order valence-corrected chi connectivity index (χ4v) is 2.38. The normalized spacial score (nSPS) is 10.7. The first-order valence-corrected chi connectivity index (χ1v) is 4.60. The van der Waals surface area contributed by atoms with Gasteiger partial charge in [0, 0.05) is 4.88 Å². The van der Waals surface area contributed by atoms with Crippen LogP contribution in [0.1, 0.15) is 10.4 Å². The topological polar surface area (TPSA) is 0 Å². The van der Waals surface area contributed by atoms with E-state index in [1.807, 2.05) is 11.3 Å². The highest BCUT2D eigenvalue weighted by molar-refractivity contribution is 7.11. The molecule has 0 fully saturated rings. The standard InChI is InChI=1S/C10H10S/c1-7-4-3-5-9-6-11-8(2)10(7)9/h3-6H,1-2H3. The molecule has 2 aromatic rings. The molecule has 1 heterocycles. The average molecular weight is 162 g/mol. The van der Waals surface area contributed by atoms with Crippen molar-refractivity contribution >= 4 is 22.1 Å². The van der Waals surface area contributed by atoms with Gasteiger partial charge in [-0.3, -0.25) is 0 Å². The molecule has 1 heteroatoms. The minimum absolute atomic E-state index is 1.38. The Morgan fingerprint density at radius 3 is 2.73 bits per heavy atom. The Balaban J connectivity index is 2.96. The molecule has 0 aliphatic carbocycles. The maximum absolute atomic E-state index is 2.22. The first-order valence-electron chi connectivity index (χ1n) is 3.72. The van der Waals surface area contributed by atoms with Crippen LogP contribution in [0.3, 0.4) is 0 Å². The van der Waals surface area contributed by atoms with Crippen LogP contribution in [0.4, 0.5) is 0 Å². The quantitative estimate of drug-likeness (QED) is 0.556. The maximum Gasteiger partial charge on any atom is 0.00954 e.